The van der Waals surface area contributed by atoms with E-state index in [1.165, 1.54) is 11.1 Å². The fourth-order valence-electron chi connectivity index (χ4n) is 2.68. The van der Waals surface area contributed by atoms with Crippen LogP contribution in [0.1, 0.15) is 63.2 Å². The first-order valence-corrected chi connectivity index (χ1v) is 9.72. The van der Waals surface area contributed by atoms with Crippen molar-refractivity contribution in [2.45, 2.75) is 57.9 Å². The Morgan fingerprint density at radius 2 is 1.58 bits per heavy atom. The Hall–Kier alpha value is -1.32. The summed E-state index contributed by atoms with van der Waals surface area (Å²) in [6, 6.07) is 15.3. The number of benzene rings is 1. The van der Waals surface area contributed by atoms with Crippen molar-refractivity contribution in [3.05, 3.63) is 65.0 Å². The number of rotatable bonds is 5. The largest absolute Gasteiger partial charge is 0.300 e. The summed E-state index contributed by atoms with van der Waals surface area (Å²) >= 11 is 1.87. The van der Waals surface area contributed by atoms with Crippen LogP contribution in [0.3, 0.4) is 0 Å². The predicted octanol–water partition coefficient (Wildman–Crippen LogP) is 5.47. The van der Waals surface area contributed by atoms with Crippen molar-refractivity contribution in [2.75, 3.05) is 6.26 Å². The minimum atomic E-state index is 0.00725. The summed E-state index contributed by atoms with van der Waals surface area (Å²) in [5.74, 6) is 0. The van der Waals surface area contributed by atoms with Crippen molar-refractivity contribution in [3.63, 3.8) is 0 Å². The molecule has 0 aliphatic heterocycles. The second kappa shape index (κ2) is 7.28. The van der Waals surface area contributed by atoms with Crippen LogP contribution in [0.2, 0.25) is 0 Å². The molecule has 1 atom stereocenters. The van der Waals surface area contributed by atoms with Gasteiger partial charge in [0.25, 0.3) is 0 Å². The second-order valence-electron chi connectivity index (χ2n) is 7.87. The van der Waals surface area contributed by atoms with Crippen LogP contribution in [-0.4, -0.2) is 16.8 Å². The van der Waals surface area contributed by atoms with Crippen molar-refractivity contribution in [1.82, 2.24) is 10.3 Å². The van der Waals surface area contributed by atoms with Crippen LogP contribution in [0.25, 0.3) is 0 Å². The Labute approximate surface area is 151 Å². The van der Waals surface area contributed by atoms with E-state index in [-0.39, 0.29) is 16.3 Å². The summed E-state index contributed by atoms with van der Waals surface area (Å²) in [6.07, 6.45) is 2.16. The summed E-state index contributed by atoms with van der Waals surface area (Å²) in [5, 5.41) is 3.72. The molecule has 1 aromatic carbocycles. The van der Waals surface area contributed by atoms with Crippen LogP contribution in [-0.2, 0) is 4.75 Å². The maximum Gasteiger partial charge on any atom is 0.0755 e. The average molecular weight is 343 g/mol. The predicted molar refractivity (Wildman–Crippen MR) is 107 cm³/mol. The summed E-state index contributed by atoms with van der Waals surface area (Å²) in [7, 11) is 0. The molecule has 0 fully saturated rings. The molecule has 0 aliphatic rings. The molecule has 0 saturated heterocycles. The fraction of sp³-hybridized carbons (Fsp3) is 0.476. The van der Waals surface area contributed by atoms with Crippen molar-refractivity contribution in [3.8, 4) is 0 Å². The van der Waals surface area contributed by atoms with Crippen molar-refractivity contribution >= 4 is 11.8 Å². The SMILES string of the molecule is CSC(C)(C)c1ccc(C(NC(C)(C)C)c2cccc(C)n2)cc1. The molecule has 24 heavy (non-hydrogen) atoms. The first kappa shape index (κ1) is 19.0. The number of nitrogens with zero attached hydrogens (tertiary/aromatic N) is 1. The van der Waals surface area contributed by atoms with Gasteiger partial charge in [0.15, 0.2) is 0 Å². The van der Waals surface area contributed by atoms with Gasteiger partial charge in [0.2, 0.25) is 0 Å². The molecule has 2 rings (SSSR count). The molecule has 0 aliphatic carbocycles. The van der Waals surface area contributed by atoms with Crippen LogP contribution in [0.5, 0.6) is 0 Å². The molecule has 0 bridgehead atoms. The normalized spacial score (nSPS) is 13.8. The van der Waals surface area contributed by atoms with Gasteiger partial charge in [-0.2, -0.15) is 11.8 Å². The minimum absolute atomic E-state index is 0.00725. The lowest BCUT2D eigenvalue weighted by Crippen LogP contribution is -2.39. The number of aryl methyl sites for hydroxylation is 1. The first-order valence-electron chi connectivity index (χ1n) is 8.49. The van der Waals surface area contributed by atoms with E-state index in [1.54, 1.807) is 0 Å². The lowest BCUT2D eigenvalue weighted by atomic mass is 9.95. The highest BCUT2D eigenvalue weighted by Crippen LogP contribution is 2.34. The van der Waals surface area contributed by atoms with Gasteiger partial charge in [0.05, 0.1) is 11.7 Å². The molecule has 0 amide bonds. The minimum Gasteiger partial charge on any atom is -0.300 e. The van der Waals surface area contributed by atoms with Crippen molar-refractivity contribution in [2.24, 2.45) is 0 Å². The Morgan fingerprint density at radius 3 is 2.08 bits per heavy atom. The van der Waals surface area contributed by atoms with E-state index in [2.05, 4.69) is 82.6 Å². The summed E-state index contributed by atoms with van der Waals surface area (Å²) in [6.45, 7) is 13.2. The zero-order valence-corrected chi connectivity index (χ0v) is 16.8. The summed E-state index contributed by atoms with van der Waals surface area (Å²) in [5.41, 5.74) is 4.73. The quantitative estimate of drug-likeness (QED) is 0.780. The number of thioether (sulfide) groups is 1. The molecule has 0 saturated carbocycles. The van der Waals surface area contributed by atoms with Gasteiger partial charge in [-0.15, -0.1) is 0 Å². The van der Waals surface area contributed by atoms with Crippen LogP contribution >= 0.6 is 11.8 Å². The van der Waals surface area contributed by atoms with Gasteiger partial charge in [-0.3, -0.25) is 4.98 Å². The van der Waals surface area contributed by atoms with E-state index in [0.29, 0.717) is 0 Å². The van der Waals surface area contributed by atoms with Gasteiger partial charge in [0.1, 0.15) is 0 Å². The molecular formula is C21H30N2S. The van der Waals surface area contributed by atoms with Gasteiger partial charge in [-0.05, 0) is 71.1 Å². The van der Waals surface area contributed by atoms with E-state index in [4.69, 9.17) is 4.98 Å². The van der Waals surface area contributed by atoms with Crippen LogP contribution < -0.4 is 5.32 Å². The van der Waals surface area contributed by atoms with Crippen LogP contribution in [0.4, 0.5) is 0 Å². The smallest absolute Gasteiger partial charge is 0.0755 e. The maximum absolute atomic E-state index is 4.75. The Bertz CT molecular complexity index is 669. The van der Waals surface area contributed by atoms with Gasteiger partial charge >= 0.3 is 0 Å². The van der Waals surface area contributed by atoms with Crippen LogP contribution in [0.15, 0.2) is 42.5 Å². The van der Waals surface area contributed by atoms with E-state index in [1.807, 2.05) is 24.8 Å². The fourth-order valence-corrected chi connectivity index (χ4v) is 3.05. The zero-order chi connectivity index (χ0) is 18.0. The van der Waals surface area contributed by atoms with Gasteiger partial charge in [-0.25, -0.2) is 0 Å². The number of pyridine rings is 1. The third kappa shape index (κ3) is 4.84. The Kier molecular flexibility index (Phi) is 5.77. The molecule has 0 spiro atoms. The lowest BCUT2D eigenvalue weighted by molar-refractivity contribution is 0.387. The summed E-state index contributed by atoms with van der Waals surface area (Å²) in [4.78, 5) is 4.75. The molecule has 1 heterocycles. The van der Waals surface area contributed by atoms with E-state index >= 15 is 0 Å². The average Bonchev–Trinajstić information content (AvgIpc) is 2.52. The lowest BCUT2D eigenvalue weighted by Gasteiger charge is -2.29. The second-order valence-corrected chi connectivity index (χ2v) is 9.30. The number of aromatic nitrogens is 1. The third-order valence-corrected chi connectivity index (χ3v) is 5.49. The number of nitrogens with one attached hydrogen (secondary N) is 1. The highest BCUT2D eigenvalue weighted by atomic mass is 32.2. The Morgan fingerprint density at radius 1 is 0.958 bits per heavy atom. The first-order chi connectivity index (χ1) is 11.1. The van der Waals surface area contributed by atoms with Gasteiger partial charge in [-0.1, -0.05) is 30.3 Å². The molecule has 2 nitrogen and oxygen atoms in total. The number of hydrogen-bond acceptors (Lipinski definition) is 3. The summed E-state index contributed by atoms with van der Waals surface area (Å²) < 4.78 is 0.132. The Balaban J connectivity index is 2.41. The van der Waals surface area contributed by atoms with E-state index in [0.717, 1.165) is 11.4 Å². The van der Waals surface area contributed by atoms with E-state index in [9.17, 15) is 0 Å². The third-order valence-electron chi connectivity index (χ3n) is 4.23. The molecular weight excluding hydrogens is 312 g/mol. The zero-order valence-electron chi connectivity index (χ0n) is 16.0. The molecule has 2 aromatic rings. The molecule has 3 heteroatoms. The topological polar surface area (TPSA) is 24.9 Å². The molecule has 0 radical (unpaired) electrons. The number of hydrogen-bond donors (Lipinski definition) is 1. The van der Waals surface area contributed by atoms with E-state index < -0.39 is 0 Å². The highest BCUT2D eigenvalue weighted by Gasteiger charge is 2.23. The molecule has 1 aromatic heterocycles. The molecule has 1 unspecified atom stereocenters. The van der Waals surface area contributed by atoms with Crippen LogP contribution in [0, 0.1) is 6.92 Å². The van der Waals surface area contributed by atoms with Gasteiger partial charge < -0.3 is 5.32 Å². The monoisotopic (exact) mass is 342 g/mol. The van der Waals surface area contributed by atoms with Gasteiger partial charge in [0, 0.05) is 16.0 Å². The van der Waals surface area contributed by atoms with Crippen molar-refractivity contribution < 1.29 is 0 Å². The molecule has 1 N–H and O–H groups in total. The maximum atomic E-state index is 4.75. The highest BCUT2D eigenvalue weighted by molar-refractivity contribution is 7.99. The standard InChI is InChI=1S/C21H30N2S/c1-15-9-8-10-18(22-15)19(23-20(2,3)4)16-11-13-17(14-12-16)21(5,6)24-7/h8-14,19,23H,1-7H3. The van der Waals surface area contributed by atoms with Crippen molar-refractivity contribution in [1.29, 1.82) is 0 Å². The molecule has 130 valence electrons.